The number of benzene rings is 1. The molecule has 0 atom stereocenters. The van der Waals surface area contributed by atoms with Gasteiger partial charge in [-0.15, -0.1) is 6.58 Å². The maximum Gasteiger partial charge on any atom is 0.240 e. The van der Waals surface area contributed by atoms with E-state index < -0.39 is 10.0 Å². The molecule has 0 saturated carbocycles. The summed E-state index contributed by atoms with van der Waals surface area (Å²) in [4.78, 5) is 0.302. The van der Waals surface area contributed by atoms with Crippen LogP contribution in [-0.4, -0.2) is 21.5 Å². The van der Waals surface area contributed by atoms with Crippen molar-refractivity contribution < 1.29 is 8.42 Å². The molecular formula is C14H22N2O2S. The van der Waals surface area contributed by atoms with Crippen molar-refractivity contribution in [2.24, 2.45) is 0 Å². The van der Waals surface area contributed by atoms with Crippen LogP contribution in [0.5, 0.6) is 0 Å². The highest BCUT2D eigenvalue weighted by Gasteiger charge is 2.12. The molecule has 106 valence electrons. The van der Waals surface area contributed by atoms with Gasteiger partial charge in [0.1, 0.15) is 0 Å². The van der Waals surface area contributed by atoms with Crippen LogP contribution in [0.3, 0.4) is 0 Å². The zero-order valence-corrected chi connectivity index (χ0v) is 12.2. The lowest BCUT2D eigenvalue weighted by atomic mass is 10.2. The SMILES string of the molecule is C=CCCNS(=O)(=O)c1ccc(CNCCC)cc1. The highest BCUT2D eigenvalue weighted by atomic mass is 32.2. The summed E-state index contributed by atoms with van der Waals surface area (Å²) in [5.74, 6) is 0. The fourth-order valence-electron chi connectivity index (χ4n) is 1.57. The zero-order valence-electron chi connectivity index (χ0n) is 11.4. The van der Waals surface area contributed by atoms with Gasteiger partial charge < -0.3 is 5.32 Å². The van der Waals surface area contributed by atoms with Crippen LogP contribution in [0.15, 0.2) is 41.8 Å². The molecule has 0 fully saturated rings. The minimum atomic E-state index is -3.39. The Bertz CT molecular complexity index is 481. The number of sulfonamides is 1. The summed E-state index contributed by atoms with van der Waals surface area (Å²) in [7, 11) is -3.39. The van der Waals surface area contributed by atoms with Gasteiger partial charge in [0, 0.05) is 13.1 Å². The van der Waals surface area contributed by atoms with Gasteiger partial charge >= 0.3 is 0 Å². The average Bonchev–Trinajstić information content (AvgIpc) is 2.40. The molecule has 19 heavy (non-hydrogen) atoms. The monoisotopic (exact) mass is 282 g/mol. The molecule has 0 bridgehead atoms. The van der Waals surface area contributed by atoms with Crippen molar-refractivity contribution in [3.8, 4) is 0 Å². The maximum absolute atomic E-state index is 11.9. The van der Waals surface area contributed by atoms with Gasteiger partial charge in [0.2, 0.25) is 10.0 Å². The lowest BCUT2D eigenvalue weighted by molar-refractivity contribution is 0.582. The van der Waals surface area contributed by atoms with Crippen molar-refractivity contribution in [2.45, 2.75) is 31.2 Å². The molecule has 1 aromatic carbocycles. The van der Waals surface area contributed by atoms with Crippen LogP contribution in [0.4, 0.5) is 0 Å². The van der Waals surface area contributed by atoms with Gasteiger partial charge in [-0.05, 0) is 37.1 Å². The average molecular weight is 282 g/mol. The summed E-state index contributed by atoms with van der Waals surface area (Å²) in [6.45, 7) is 7.77. The smallest absolute Gasteiger partial charge is 0.240 e. The third kappa shape index (κ3) is 5.55. The van der Waals surface area contributed by atoms with Crippen molar-refractivity contribution in [3.05, 3.63) is 42.5 Å². The Morgan fingerprint density at radius 1 is 1.21 bits per heavy atom. The predicted octanol–water partition coefficient (Wildman–Crippen LogP) is 2.04. The molecule has 2 N–H and O–H groups in total. The van der Waals surface area contributed by atoms with Gasteiger partial charge in [-0.2, -0.15) is 0 Å². The molecule has 0 aliphatic rings. The normalized spacial score (nSPS) is 11.4. The molecule has 1 rings (SSSR count). The fourth-order valence-corrected chi connectivity index (χ4v) is 2.62. The van der Waals surface area contributed by atoms with E-state index in [1.807, 2.05) is 12.1 Å². The Morgan fingerprint density at radius 3 is 2.47 bits per heavy atom. The maximum atomic E-state index is 11.9. The minimum Gasteiger partial charge on any atom is -0.313 e. The largest absolute Gasteiger partial charge is 0.313 e. The van der Waals surface area contributed by atoms with Crippen molar-refractivity contribution in [2.75, 3.05) is 13.1 Å². The van der Waals surface area contributed by atoms with Gasteiger partial charge in [-0.1, -0.05) is 25.1 Å². The van der Waals surface area contributed by atoms with E-state index in [1.54, 1.807) is 18.2 Å². The van der Waals surface area contributed by atoms with Gasteiger partial charge in [0.15, 0.2) is 0 Å². The van der Waals surface area contributed by atoms with Crippen molar-refractivity contribution in [3.63, 3.8) is 0 Å². The first-order valence-corrected chi connectivity index (χ1v) is 7.98. The molecule has 0 aliphatic carbocycles. The van der Waals surface area contributed by atoms with Crippen molar-refractivity contribution >= 4 is 10.0 Å². The standard InChI is InChI=1S/C14H22N2O2S/c1-3-5-11-16-19(17,18)14-8-6-13(7-9-14)12-15-10-4-2/h3,6-9,15-16H,1,4-5,10-12H2,2H3. The number of rotatable bonds is 9. The molecule has 0 aliphatic heterocycles. The first-order valence-electron chi connectivity index (χ1n) is 6.50. The van der Waals surface area contributed by atoms with E-state index >= 15 is 0 Å². The van der Waals surface area contributed by atoms with E-state index in [0.717, 1.165) is 25.1 Å². The lowest BCUT2D eigenvalue weighted by Crippen LogP contribution is -2.24. The first-order chi connectivity index (χ1) is 9.10. The van der Waals surface area contributed by atoms with E-state index in [4.69, 9.17) is 0 Å². The van der Waals surface area contributed by atoms with Crippen LogP contribution in [0.25, 0.3) is 0 Å². The molecule has 0 amide bonds. The summed E-state index contributed by atoms with van der Waals surface area (Å²) in [5.41, 5.74) is 1.08. The molecule has 0 saturated heterocycles. The van der Waals surface area contributed by atoms with E-state index in [2.05, 4.69) is 23.5 Å². The van der Waals surface area contributed by atoms with Gasteiger partial charge in [0.05, 0.1) is 4.90 Å². The van der Waals surface area contributed by atoms with E-state index in [1.165, 1.54) is 0 Å². The first kappa shape index (κ1) is 15.9. The Kier molecular flexibility index (Phi) is 6.77. The second-order valence-corrected chi connectivity index (χ2v) is 6.06. The summed E-state index contributed by atoms with van der Waals surface area (Å²) in [5, 5.41) is 3.28. The quantitative estimate of drug-likeness (QED) is 0.538. The minimum absolute atomic E-state index is 0.302. The summed E-state index contributed by atoms with van der Waals surface area (Å²) >= 11 is 0. The molecular weight excluding hydrogens is 260 g/mol. The molecule has 4 nitrogen and oxygen atoms in total. The number of nitrogens with one attached hydrogen (secondary N) is 2. The van der Waals surface area contributed by atoms with Crippen LogP contribution < -0.4 is 10.0 Å². The Balaban J connectivity index is 2.61. The van der Waals surface area contributed by atoms with E-state index in [9.17, 15) is 8.42 Å². The van der Waals surface area contributed by atoms with Gasteiger partial charge in [-0.25, -0.2) is 13.1 Å². The Hall–Kier alpha value is -1.17. The van der Waals surface area contributed by atoms with Crippen LogP contribution in [-0.2, 0) is 16.6 Å². The summed E-state index contributed by atoms with van der Waals surface area (Å²) < 4.78 is 26.4. The fraction of sp³-hybridized carbons (Fsp3) is 0.429. The number of hydrogen-bond acceptors (Lipinski definition) is 3. The van der Waals surface area contributed by atoms with Gasteiger partial charge in [-0.3, -0.25) is 0 Å². The van der Waals surface area contributed by atoms with Crippen molar-refractivity contribution in [1.82, 2.24) is 10.0 Å². The predicted molar refractivity (Wildman–Crippen MR) is 78.4 cm³/mol. The zero-order chi connectivity index (χ0) is 14.1. The van der Waals surface area contributed by atoms with Crippen molar-refractivity contribution in [1.29, 1.82) is 0 Å². The number of hydrogen-bond donors (Lipinski definition) is 2. The third-order valence-electron chi connectivity index (χ3n) is 2.63. The molecule has 0 radical (unpaired) electrons. The molecule has 0 unspecified atom stereocenters. The van der Waals surface area contributed by atoms with E-state index in [0.29, 0.717) is 17.9 Å². The van der Waals surface area contributed by atoms with E-state index in [-0.39, 0.29) is 0 Å². The second-order valence-electron chi connectivity index (χ2n) is 4.30. The van der Waals surface area contributed by atoms with Crippen LogP contribution >= 0.6 is 0 Å². The summed E-state index contributed by atoms with van der Waals surface area (Å²) in [6, 6.07) is 6.95. The van der Waals surface area contributed by atoms with Crippen LogP contribution in [0.1, 0.15) is 25.3 Å². The third-order valence-corrected chi connectivity index (χ3v) is 4.11. The lowest BCUT2D eigenvalue weighted by Gasteiger charge is -2.07. The molecule has 0 spiro atoms. The Morgan fingerprint density at radius 2 is 1.89 bits per heavy atom. The topological polar surface area (TPSA) is 58.2 Å². The highest BCUT2D eigenvalue weighted by molar-refractivity contribution is 7.89. The highest BCUT2D eigenvalue weighted by Crippen LogP contribution is 2.10. The molecule has 0 aromatic heterocycles. The second kappa shape index (κ2) is 8.09. The Labute approximate surface area is 116 Å². The van der Waals surface area contributed by atoms with Crippen LogP contribution in [0, 0.1) is 0 Å². The summed E-state index contributed by atoms with van der Waals surface area (Å²) in [6.07, 6.45) is 3.39. The molecule has 5 heteroatoms. The molecule has 1 aromatic rings. The van der Waals surface area contributed by atoms with Gasteiger partial charge in [0.25, 0.3) is 0 Å². The van der Waals surface area contributed by atoms with Crippen LogP contribution in [0.2, 0.25) is 0 Å². The molecule has 0 heterocycles.